The maximum Gasteiger partial charge on any atom is 0.290 e. The molecule has 2 aliphatic rings. The average molecular weight is 423 g/mol. The molecule has 0 fully saturated rings. The van der Waals surface area contributed by atoms with Crippen LogP contribution in [0.5, 0.6) is 0 Å². The number of carbonyl (C=O) groups is 3. The van der Waals surface area contributed by atoms with Crippen LogP contribution in [-0.4, -0.2) is 66.7 Å². The SMILES string of the molecule is Cc1ccc(C(=O)C2=C(O)C(=O)N(CCCN(C)C)[C@]23C(=O)N(C)c2ccccc23)o1. The molecular weight excluding hydrogens is 398 g/mol. The molecule has 0 bridgehead atoms. The van der Waals surface area contributed by atoms with Crippen molar-refractivity contribution < 1.29 is 23.9 Å². The second-order valence-electron chi connectivity index (χ2n) is 8.17. The van der Waals surface area contributed by atoms with Gasteiger partial charge in [0.25, 0.3) is 11.8 Å². The Morgan fingerprint density at radius 2 is 1.87 bits per heavy atom. The van der Waals surface area contributed by atoms with Gasteiger partial charge in [0.2, 0.25) is 5.78 Å². The third-order valence-corrected chi connectivity index (χ3v) is 5.90. The van der Waals surface area contributed by atoms with E-state index in [0.717, 1.165) is 0 Å². The summed E-state index contributed by atoms with van der Waals surface area (Å²) in [5, 5.41) is 10.9. The Morgan fingerprint density at radius 3 is 2.52 bits per heavy atom. The number of aliphatic hydroxyl groups excluding tert-OH is 1. The highest BCUT2D eigenvalue weighted by Gasteiger charge is 2.65. The molecule has 1 spiro atoms. The maximum absolute atomic E-state index is 13.7. The number of hydrogen-bond donors (Lipinski definition) is 1. The second-order valence-corrected chi connectivity index (χ2v) is 8.17. The summed E-state index contributed by atoms with van der Waals surface area (Å²) in [7, 11) is 5.43. The Labute approximate surface area is 180 Å². The third kappa shape index (κ3) is 2.90. The number of amides is 2. The molecule has 0 unspecified atom stereocenters. The van der Waals surface area contributed by atoms with Crippen LogP contribution in [0, 0.1) is 6.92 Å². The lowest BCUT2D eigenvalue weighted by molar-refractivity contribution is -0.139. The van der Waals surface area contributed by atoms with E-state index < -0.39 is 28.9 Å². The predicted molar refractivity (Wildman–Crippen MR) is 114 cm³/mol. The van der Waals surface area contributed by atoms with Gasteiger partial charge < -0.3 is 24.2 Å². The van der Waals surface area contributed by atoms with Crippen molar-refractivity contribution in [3.63, 3.8) is 0 Å². The fourth-order valence-corrected chi connectivity index (χ4v) is 4.50. The monoisotopic (exact) mass is 423 g/mol. The highest BCUT2D eigenvalue weighted by molar-refractivity contribution is 6.25. The van der Waals surface area contributed by atoms with E-state index in [2.05, 4.69) is 0 Å². The fourth-order valence-electron chi connectivity index (χ4n) is 4.50. The van der Waals surface area contributed by atoms with E-state index in [4.69, 9.17) is 4.42 Å². The lowest BCUT2D eigenvalue weighted by atomic mass is 9.81. The number of hydrogen-bond acceptors (Lipinski definition) is 6. The van der Waals surface area contributed by atoms with Gasteiger partial charge in [0.05, 0.1) is 5.57 Å². The Bertz CT molecular complexity index is 1120. The zero-order valence-electron chi connectivity index (χ0n) is 18.0. The zero-order valence-corrected chi connectivity index (χ0v) is 18.0. The number of nitrogens with zero attached hydrogens (tertiary/aromatic N) is 3. The lowest BCUT2D eigenvalue weighted by Crippen LogP contribution is -2.54. The molecule has 2 aromatic rings. The fraction of sp³-hybridized carbons (Fsp3) is 0.348. The first kappa shape index (κ1) is 20.9. The Morgan fingerprint density at radius 1 is 1.16 bits per heavy atom. The van der Waals surface area contributed by atoms with Crippen LogP contribution in [0.2, 0.25) is 0 Å². The summed E-state index contributed by atoms with van der Waals surface area (Å²) in [6.07, 6.45) is 0.564. The number of carbonyl (C=O) groups excluding carboxylic acids is 3. The smallest absolute Gasteiger partial charge is 0.290 e. The molecule has 0 radical (unpaired) electrons. The molecule has 0 saturated carbocycles. The number of Topliss-reactive ketones (excluding diaryl/α,β-unsaturated/α-hetero) is 1. The van der Waals surface area contributed by atoms with E-state index in [0.29, 0.717) is 30.0 Å². The van der Waals surface area contributed by atoms with Gasteiger partial charge in [-0.25, -0.2) is 0 Å². The minimum Gasteiger partial charge on any atom is -0.503 e. The number of benzene rings is 1. The number of aryl methyl sites for hydroxylation is 1. The summed E-state index contributed by atoms with van der Waals surface area (Å²) in [5.41, 5.74) is -0.889. The van der Waals surface area contributed by atoms with Crippen LogP contribution in [0.15, 0.2) is 52.1 Å². The molecule has 1 aromatic carbocycles. The molecule has 1 N–H and O–H groups in total. The van der Waals surface area contributed by atoms with Crippen molar-refractivity contribution in [3.8, 4) is 0 Å². The van der Waals surface area contributed by atoms with Crippen molar-refractivity contribution in [2.75, 3.05) is 39.1 Å². The first-order valence-electron chi connectivity index (χ1n) is 10.1. The molecule has 1 aromatic heterocycles. The van der Waals surface area contributed by atoms with Gasteiger partial charge in [0.15, 0.2) is 17.1 Å². The van der Waals surface area contributed by atoms with Crippen molar-refractivity contribution in [2.24, 2.45) is 0 Å². The zero-order chi connectivity index (χ0) is 22.5. The van der Waals surface area contributed by atoms with E-state index in [1.807, 2.05) is 19.0 Å². The third-order valence-electron chi connectivity index (χ3n) is 5.90. The number of para-hydroxylation sites is 1. The van der Waals surface area contributed by atoms with Crippen molar-refractivity contribution in [1.29, 1.82) is 0 Å². The van der Waals surface area contributed by atoms with Crippen LogP contribution >= 0.6 is 0 Å². The molecule has 8 nitrogen and oxygen atoms in total. The van der Waals surface area contributed by atoms with Crippen molar-refractivity contribution in [1.82, 2.24) is 9.80 Å². The first-order chi connectivity index (χ1) is 14.7. The molecule has 3 heterocycles. The van der Waals surface area contributed by atoms with Gasteiger partial charge in [0.1, 0.15) is 5.76 Å². The second kappa shape index (κ2) is 7.39. The van der Waals surface area contributed by atoms with Gasteiger partial charge in [-0.15, -0.1) is 0 Å². The molecule has 2 amide bonds. The number of likely N-dealkylation sites (N-methyl/N-ethyl adjacent to an activating group) is 1. The summed E-state index contributed by atoms with van der Waals surface area (Å²) < 4.78 is 5.49. The summed E-state index contributed by atoms with van der Waals surface area (Å²) >= 11 is 0. The highest BCUT2D eigenvalue weighted by atomic mass is 16.3. The molecule has 1 atom stereocenters. The quantitative estimate of drug-likeness (QED) is 0.717. The molecule has 0 aliphatic carbocycles. The van der Waals surface area contributed by atoms with Crippen LogP contribution < -0.4 is 4.90 Å². The van der Waals surface area contributed by atoms with Gasteiger partial charge >= 0.3 is 0 Å². The van der Waals surface area contributed by atoms with E-state index in [9.17, 15) is 19.5 Å². The van der Waals surface area contributed by atoms with Crippen LogP contribution in [-0.2, 0) is 15.1 Å². The summed E-state index contributed by atoms with van der Waals surface area (Å²) in [6.45, 7) is 2.56. The van der Waals surface area contributed by atoms with E-state index in [-0.39, 0.29) is 17.9 Å². The van der Waals surface area contributed by atoms with Gasteiger partial charge in [-0.2, -0.15) is 0 Å². The van der Waals surface area contributed by atoms with Gasteiger partial charge in [-0.1, -0.05) is 18.2 Å². The average Bonchev–Trinajstić information content (AvgIpc) is 3.33. The Hall–Kier alpha value is -3.39. The number of aliphatic hydroxyl groups is 1. The molecule has 162 valence electrons. The number of furan rings is 1. The predicted octanol–water partition coefficient (Wildman–Crippen LogP) is 2.25. The number of ketones is 1. The van der Waals surface area contributed by atoms with Gasteiger partial charge in [-0.05, 0) is 52.2 Å². The van der Waals surface area contributed by atoms with Crippen molar-refractivity contribution in [3.05, 3.63) is 64.8 Å². The van der Waals surface area contributed by atoms with E-state index in [1.54, 1.807) is 44.3 Å². The molecule has 0 saturated heterocycles. The molecule has 8 heteroatoms. The van der Waals surface area contributed by atoms with Crippen LogP contribution in [0.3, 0.4) is 0 Å². The van der Waals surface area contributed by atoms with Crippen molar-refractivity contribution >= 4 is 23.3 Å². The molecule has 4 rings (SSSR count). The minimum atomic E-state index is -1.73. The Kier molecular flexibility index (Phi) is 4.97. The summed E-state index contributed by atoms with van der Waals surface area (Å²) in [5.74, 6) is -2.08. The number of fused-ring (bicyclic) bond motifs is 2. The summed E-state index contributed by atoms with van der Waals surface area (Å²) in [6, 6.07) is 10.1. The maximum atomic E-state index is 13.7. The topological polar surface area (TPSA) is 94.3 Å². The van der Waals surface area contributed by atoms with E-state index in [1.165, 1.54) is 15.9 Å². The Balaban J connectivity index is 1.92. The van der Waals surface area contributed by atoms with Gasteiger partial charge in [0, 0.05) is 24.8 Å². The normalized spacial score (nSPS) is 20.5. The highest BCUT2D eigenvalue weighted by Crippen LogP contribution is 2.53. The molecule has 31 heavy (non-hydrogen) atoms. The van der Waals surface area contributed by atoms with Crippen LogP contribution in [0.1, 0.15) is 28.3 Å². The number of rotatable bonds is 6. The molecular formula is C23H25N3O5. The number of anilines is 1. The molecule has 2 aliphatic heterocycles. The van der Waals surface area contributed by atoms with Gasteiger partial charge in [-0.3, -0.25) is 14.4 Å². The minimum absolute atomic E-state index is 0.0267. The van der Waals surface area contributed by atoms with Crippen molar-refractivity contribution in [2.45, 2.75) is 18.9 Å². The van der Waals surface area contributed by atoms with E-state index >= 15 is 0 Å². The first-order valence-corrected chi connectivity index (χ1v) is 10.1. The lowest BCUT2D eigenvalue weighted by Gasteiger charge is -2.35. The standard InChI is InChI=1S/C23H25N3O5/c1-14-10-11-17(31-14)19(27)18-20(28)21(29)26(13-7-12-24(2)3)23(18)15-8-5-6-9-16(15)25(4)22(23)30/h5-6,8-11,28H,7,12-13H2,1-4H3/t23-/m0/s1. The largest absolute Gasteiger partial charge is 0.503 e. The summed E-state index contributed by atoms with van der Waals surface area (Å²) in [4.78, 5) is 45.2. The van der Waals surface area contributed by atoms with Crippen LogP contribution in [0.25, 0.3) is 0 Å². The van der Waals surface area contributed by atoms with Crippen LogP contribution in [0.4, 0.5) is 5.69 Å².